The number of hydrogen-bond acceptors (Lipinski definition) is 4. The van der Waals surface area contributed by atoms with Crippen LogP contribution in [-0.4, -0.2) is 29.1 Å². The SMILES string of the molecule is CCCS(=O)(=O)C(=[N+]=[N-])O[P+](=O)O. The van der Waals surface area contributed by atoms with Crippen LogP contribution in [0.3, 0.4) is 0 Å². The molecule has 13 heavy (non-hydrogen) atoms. The van der Waals surface area contributed by atoms with E-state index in [1.54, 1.807) is 6.92 Å². The first-order chi connectivity index (χ1) is 5.94. The maximum Gasteiger partial charge on any atom is 0.754 e. The van der Waals surface area contributed by atoms with Crippen LogP contribution in [0, 0.1) is 0 Å². The van der Waals surface area contributed by atoms with E-state index < -0.39 is 23.3 Å². The van der Waals surface area contributed by atoms with Gasteiger partial charge in [0.15, 0.2) is 0 Å². The summed E-state index contributed by atoms with van der Waals surface area (Å²) < 4.78 is 36.1. The van der Waals surface area contributed by atoms with Gasteiger partial charge in [-0.1, -0.05) is 6.92 Å². The van der Waals surface area contributed by atoms with Gasteiger partial charge in [0.2, 0.25) is 0 Å². The summed E-state index contributed by atoms with van der Waals surface area (Å²) in [5.74, 6) is -0.310. The zero-order valence-corrected chi connectivity index (χ0v) is 8.46. The fourth-order valence-electron chi connectivity index (χ4n) is 0.560. The van der Waals surface area contributed by atoms with E-state index in [0.717, 1.165) is 0 Å². The monoisotopic (exact) mass is 227 g/mol. The zero-order valence-electron chi connectivity index (χ0n) is 6.74. The molecule has 0 bridgehead atoms. The van der Waals surface area contributed by atoms with Crippen molar-refractivity contribution in [3.8, 4) is 0 Å². The van der Waals surface area contributed by atoms with E-state index in [4.69, 9.17) is 10.4 Å². The molecule has 0 aromatic heterocycles. The van der Waals surface area contributed by atoms with Crippen molar-refractivity contribution in [2.24, 2.45) is 0 Å². The summed E-state index contributed by atoms with van der Waals surface area (Å²) >= 11 is 0. The summed E-state index contributed by atoms with van der Waals surface area (Å²) in [6, 6.07) is 0. The minimum Gasteiger partial charge on any atom is -0.356 e. The third kappa shape index (κ3) is 4.10. The van der Waals surface area contributed by atoms with Crippen LogP contribution in [-0.2, 0) is 18.9 Å². The second-order valence-electron chi connectivity index (χ2n) is 2.01. The second kappa shape index (κ2) is 5.04. The average Bonchev–Trinajstić information content (AvgIpc) is 1.99. The molecule has 0 aliphatic heterocycles. The first-order valence-electron chi connectivity index (χ1n) is 3.23. The van der Waals surface area contributed by atoms with Gasteiger partial charge in [0.25, 0.3) is 9.84 Å². The molecule has 1 N–H and O–H groups in total. The Balaban J connectivity index is 4.81. The van der Waals surface area contributed by atoms with E-state index in [-0.39, 0.29) is 12.2 Å². The fraction of sp³-hybridized carbons (Fsp3) is 0.750. The molecule has 0 aliphatic carbocycles. The summed E-state index contributed by atoms with van der Waals surface area (Å²) in [6.45, 7) is 1.59. The molecule has 9 heteroatoms. The van der Waals surface area contributed by atoms with Crippen molar-refractivity contribution < 1.29 is 27.2 Å². The Bertz CT molecular complexity index is 344. The van der Waals surface area contributed by atoms with Gasteiger partial charge in [-0.25, -0.2) is 8.42 Å². The van der Waals surface area contributed by atoms with Gasteiger partial charge in [0.05, 0.1) is 5.75 Å². The van der Waals surface area contributed by atoms with Gasteiger partial charge in [0.1, 0.15) is 0 Å². The highest BCUT2D eigenvalue weighted by Crippen LogP contribution is 2.16. The minimum atomic E-state index is -3.88. The number of nitrogens with zero attached hydrogens (tertiary/aromatic N) is 2. The van der Waals surface area contributed by atoms with Gasteiger partial charge in [0, 0.05) is 4.57 Å². The van der Waals surface area contributed by atoms with Crippen molar-refractivity contribution in [3.05, 3.63) is 5.53 Å². The lowest BCUT2D eigenvalue weighted by Gasteiger charge is -1.89. The summed E-state index contributed by atoms with van der Waals surface area (Å²) in [4.78, 5) is 10.5. The molecule has 74 valence electrons. The molecule has 0 heterocycles. The molecule has 0 amide bonds. The van der Waals surface area contributed by atoms with E-state index in [0.29, 0.717) is 0 Å². The van der Waals surface area contributed by atoms with Gasteiger partial charge in [-0.2, -0.15) is 0 Å². The van der Waals surface area contributed by atoms with Gasteiger partial charge >= 0.3 is 13.5 Å². The lowest BCUT2D eigenvalue weighted by Crippen LogP contribution is -2.19. The zero-order chi connectivity index (χ0) is 10.5. The van der Waals surface area contributed by atoms with E-state index in [1.165, 1.54) is 0 Å². The summed E-state index contributed by atoms with van der Waals surface area (Å²) in [7, 11) is -7.02. The Kier molecular flexibility index (Phi) is 4.72. The highest BCUT2D eigenvalue weighted by Gasteiger charge is 2.38. The quantitative estimate of drug-likeness (QED) is 0.240. The molecule has 0 aliphatic rings. The molecule has 0 aromatic carbocycles. The molecule has 0 rings (SSSR count). The van der Waals surface area contributed by atoms with Crippen LogP contribution in [0.1, 0.15) is 13.3 Å². The Hall–Kier alpha value is -0.810. The van der Waals surface area contributed by atoms with E-state index in [9.17, 15) is 13.0 Å². The second-order valence-corrected chi connectivity index (χ2v) is 4.66. The molecule has 0 spiro atoms. The van der Waals surface area contributed by atoms with Gasteiger partial charge in [-0.15, -0.1) is 14.2 Å². The van der Waals surface area contributed by atoms with Crippen molar-refractivity contribution in [3.63, 3.8) is 0 Å². The Morgan fingerprint density at radius 1 is 1.69 bits per heavy atom. The van der Waals surface area contributed by atoms with Crippen LogP contribution >= 0.6 is 8.25 Å². The van der Waals surface area contributed by atoms with Crippen LogP contribution < -0.4 is 0 Å². The molecule has 0 radical (unpaired) electrons. The fourth-order valence-corrected chi connectivity index (χ4v) is 2.21. The normalized spacial score (nSPS) is 11.7. The van der Waals surface area contributed by atoms with Crippen LogP contribution in [0.15, 0.2) is 0 Å². The van der Waals surface area contributed by atoms with Crippen LogP contribution in [0.2, 0.25) is 0 Å². The summed E-state index contributed by atoms with van der Waals surface area (Å²) in [6.07, 6.45) is 0.285. The topological polar surface area (TPSA) is 117 Å². The number of sulfone groups is 1. The lowest BCUT2D eigenvalue weighted by molar-refractivity contribution is -0.0204. The van der Waals surface area contributed by atoms with Crippen molar-refractivity contribution in [1.29, 1.82) is 0 Å². The van der Waals surface area contributed by atoms with Crippen LogP contribution in [0.4, 0.5) is 0 Å². The van der Waals surface area contributed by atoms with Gasteiger partial charge < -0.3 is 5.53 Å². The molecule has 0 aromatic rings. The standard InChI is InChI=1S/C4H7N2O5PS/c1-2-3-13(9,10)4(6-5)11-12(7)8/h2-3H2,1H3/p+1. The predicted molar refractivity (Wildman–Crippen MR) is 43.6 cm³/mol. The molecule has 0 saturated heterocycles. The first kappa shape index (κ1) is 12.2. The molecule has 0 fully saturated rings. The molecular weight excluding hydrogens is 219 g/mol. The van der Waals surface area contributed by atoms with Crippen molar-refractivity contribution in [1.82, 2.24) is 0 Å². The third-order valence-electron chi connectivity index (χ3n) is 0.977. The largest absolute Gasteiger partial charge is 0.754 e. The molecule has 1 unspecified atom stereocenters. The van der Waals surface area contributed by atoms with E-state index >= 15 is 0 Å². The molecule has 7 nitrogen and oxygen atoms in total. The van der Waals surface area contributed by atoms with Crippen LogP contribution in [0.25, 0.3) is 5.53 Å². The molecule has 1 atom stereocenters. The number of hydrogen-bond donors (Lipinski definition) is 1. The van der Waals surface area contributed by atoms with Crippen molar-refractivity contribution in [2.75, 3.05) is 5.75 Å². The highest BCUT2D eigenvalue weighted by atomic mass is 32.2. The predicted octanol–water partition coefficient (Wildman–Crippen LogP) is 0.0633. The van der Waals surface area contributed by atoms with E-state index in [1.807, 2.05) is 0 Å². The lowest BCUT2D eigenvalue weighted by atomic mass is 10.6. The Labute approximate surface area is 75.8 Å². The minimum absolute atomic E-state index is 0.285. The molecule has 0 saturated carbocycles. The third-order valence-corrected chi connectivity index (χ3v) is 3.07. The van der Waals surface area contributed by atoms with Crippen LogP contribution in [0.5, 0.6) is 0 Å². The maximum atomic E-state index is 11.0. The van der Waals surface area contributed by atoms with Gasteiger partial charge in [-0.3, -0.25) is 0 Å². The van der Waals surface area contributed by atoms with Gasteiger partial charge in [-0.05, 0) is 6.42 Å². The molecular formula is C4H8N2O5PS+. The summed E-state index contributed by atoms with van der Waals surface area (Å²) in [5, 5.41) is -1.13. The maximum absolute atomic E-state index is 11.0. The number of rotatable bonds is 3. The van der Waals surface area contributed by atoms with E-state index in [2.05, 4.69) is 9.31 Å². The van der Waals surface area contributed by atoms with Crippen molar-refractivity contribution in [2.45, 2.75) is 13.3 Å². The first-order valence-corrected chi connectivity index (χ1v) is 6.01. The summed E-state index contributed by atoms with van der Waals surface area (Å²) in [5.41, 5.74) is 8.18. The average molecular weight is 227 g/mol. The smallest absolute Gasteiger partial charge is 0.356 e. The van der Waals surface area contributed by atoms with Crippen molar-refractivity contribution >= 4 is 23.3 Å². The Morgan fingerprint density at radius 3 is 2.54 bits per heavy atom. The Morgan fingerprint density at radius 2 is 2.23 bits per heavy atom. The highest BCUT2D eigenvalue weighted by molar-refractivity contribution is 8.05.